The number of aliphatic hydroxyl groups excluding tert-OH is 3. The molecule has 0 saturated carbocycles. The Morgan fingerprint density at radius 2 is 1.97 bits per heavy atom. The molecule has 1 aromatic carbocycles. The Morgan fingerprint density at radius 1 is 1.24 bits per heavy atom. The van der Waals surface area contributed by atoms with Crippen molar-refractivity contribution in [1.29, 1.82) is 0 Å². The molecule has 0 bridgehead atoms. The van der Waals surface area contributed by atoms with Gasteiger partial charge in [-0.15, -0.1) is 5.10 Å². The van der Waals surface area contributed by atoms with Crippen LogP contribution < -0.4 is 5.32 Å². The zero-order valence-corrected chi connectivity index (χ0v) is 15.3. The first-order valence-corrected chi connectivity index (χ1v) is 9.28. The average molecular weight is 414 g/mol. The Balaban J connectivity index is 1.69. The Morgan fingerprint density at radius 3 is 2.59 bits per heavy atom. The minimum Gasteiger partial charge on any atom is -0.394 e. The fourth-order valence-electron chi connectivity index (χ4n) is 4.12. The topological polar surface area (TPSA) is 113 Å². The zero-order chi connectivity index (χ0) is 20.8. The van der Waals surface area contributed by atoms with Crippen molar-refractivity contribution in [1.82, 2.24) is 20.3 Å². The van der Waals surface area contributed by atoms with Gasteiger partial charge in [-0.25, -0.2) is 17.9 Å². The van der Waals surface area contributed by atoms with Crippen LogP contribution in [0.15, 0.2) is 18.3 Å². The van der Waals surface area contributed by atoms with Gasteiger partial charge in [-0.05, 0) is 31.5 Å². The van der Waals surface area contributed by atoms with Gasteiger partial charge >= 0.3 is 0 Å². The largest absolute Gasteiger partial charge is 0.394 e. The lowest BCUT2D eigenvalue weighted by molar-refractivity contribution is -0.259. The van der Waals surface area contributed by atoms with Crippen LogP contribution in [0.5, 0.6) is 0 Å². The number of piperidine rings is 1. The van der Waals surface area contributed by atoms with Crippen LogP contribution >= 0.6 is 0 Å². The van der Waals surface area contributed by atoms with Crippen LogP contribution in [-0.4, -0.2) is 73.9 Å². The number of aliphatic hydroxyl groups is 3. The van der Waals surface area contributed by atoms with E-state index in [0.717, 1.165) is 25.1 Å². The third kappa shape index (κ3) is 3.42. The van der Waals surface area contributed by atoms with Crippen molar-refractivity contribution in [3.8, 4) is 11.3 Å². The lowest BCUT2D eigenvalue weighted by atomic mass is 9.78. The lowest BCUT2D eigenvalue weighted by Gasteiger charge is -2.51. The molecule has 4 N–H and O–H groups in total. The van der Waals surface area contributed by atoms with E-state index in [0.29, 0.717) is 13.0 Å². The van der Waals surface area contributed by atoms with Crippen molar-refractivity contribution in [3.63, 3.8) is 0 Å². The highest BCUT2D eigenvalue weighted by molar-refractivity contribution is 5.57. The molecule has 2 aromatic rings. The molecule has 0 amide bonds. The Kier molecular flexibility index (Phi) is 5.34. The molecular formula is C18H21F3N4O4. The molecule has 3 heterocycles. The van der Waals surface area contributed by atoms with Crippen molar-refractivity contribution in [2.75, 3.05) is 19.7 Å². The summed E-state index contributed by atoms with van der Waals surface area (Å²) in [6.45, 7) is 0.607. The van der Waals surface area contributed by atoms with Gasteiger partial charge in [0.05, 0.1) is 12.8 Å². The molecule has 5 atom stereocenters. The van der Waals surface area contributed by atoms with Gasteiger partial charge in [-0.1, -0.05) is 5.21 Å². The summed E-state index contributed by atoms with van der Waals surface area (Å²) >= 11 is 0. The van der Waals surface area contributed by atoms with Crippen LogP contribution in [0.4, 0.5) is 13.2 Å². The number of ether oxygens (including phenoxy) is 1. The number of hydrogen-bond donors (Lipinski definition) is 4. The summed E-state index contributed by atoms with van der Waals surface area (Å²) in [4.78, 5) is 0. The Labute approximate surface area is 163 Å². The predicted octanol–water partition coefficient (Wildman–Crippen LogP) is 0.139. The van der Waals surface area contributed by atoms with Gasteiger partial charge < -0.3 is 25.4 Å². The highest BCUT2D eigenvalue weighted by atomic mass is 19.2. The van der Waals surface area contributed by atoms with Crippen molar-refractivity contribution < 1.29 is 33.2 Å². The molecule has 2 saturated heterocycles. The summed E-state index contributed by atoms with van der Waals surface area (Å²) in [6, 6.07) is 0.552. The fraction of sp³-hybridized carbons (Fsp3) is 0.556. The van der Waals surface area contributed by atoms with Crippen LogP contribution in [0.25, 0.3) is 11.3 Å². The quantitative estimate of drug-likeness (QED) is 0.529. The highest BCUT2D eigenvalue weighted by Gasteiger charge is 2.55. The zero-order valence-electron chi connectivity index (χ0n) is 15.3. The summed E-state index contributed by atoms with van der Waals surface area (Å²) in [5.41, 5.74) is -1.04. The van der Waals surface area contributed by atoms with Crippen LogP contribution in [0, 0.1) is 17.5 Å². The van der Waals surface area contributed by atoms with Crippen molar-refractivity contribution in [2.24, 2.45) is 0 Å². The second-order valence-corrected chi connectivity index (χ2v) is 7.45. The maximum atomic E-state index is 13.5. The van der Waals surface area contributed by atoms with Crippen LogP contribution in [0.1, 0.15) is 18.9 Å². The molecule has 0 radical (unpaired) electrons. The summed E-state index contributed by atoms with van der Waals surface area (Å²) in [5, 5.41) is 42.2. The monoisotopic (exact) mass is 414 g/mol. The van der Waals surface area contributed by atoms with E-state index in [-0.39, 0.29) is 11.3 Å². The first kappa shape index (κ1) is 20.2. The van der Waals surface area contributed by atoms with Crippen molar-refractivity contribution >= 4 is 0 Å². The number of rotatable bonds is 3. The second kappa shape index (κ2) is 7.65. The highest BCUT2D eigenvalue weighted by Crippen LogP contribution is 2.40. The van der Waals surface area contributed by atoms with E-state index in [2.05, 4.69) is 15.6 Å². The maximum Gasteiger partial charge on any atom is 0.194 e. The molecule has 1 spiro atoms. The summed E-state index contributed by atoms with van der Waals surface area (Å²) in [5.74, 6) is -4.32. The van der Waals surface area contributed by atoms with E-state index in [1.54, 1.807) is 0 Å². The lowest BCUT2D eigenvalue weighted by Crippen LogP contribution is -2.67. The average Bonchev–Trinajstić information content (AvgIpc) is 3.19. The number of nitrogens with one attached hydrogen (secondary N) is 1. The SMILES string of the molecule is OCC1OC2(CCCNC2)C(O)C(n2cc(-c3cc(F)c(F)c(F)c3)nn2)C1O. The van der Waals surface area contributed by atoms with Gasteiger partial charge in [0, 0.05) is 12.1 Å². The number of halogens is 3. The third-order valence-corrected chi connectivity index (χ3v) is 5.63. The third-order valence-electron chi connectivity index (χ3n) is 5.63. The van der Waals surface area contributed by atoms with Gasteiger partial charge in [0.15, 0.2) is 17.5 Å². The first-order valence-electron chi connectivity index (χ1n) is 9.28. The van der Waals surface area contributed by atoms with E-state index in [4.69, 9.17) is 4.74 Å². The summed E-state index contributed by atoms with van der Waals surface area (Å²) in [6.07, 6.45) is -0.918. The van der Waals surface area contributed by atoms with Gasteiger partial charge in [-0.2, -0.15) is 0 Å². The van der Waals surface area contributed by atoms with Gasteiger partial charge in [0.2, 0.25) is 0 Å². The van der Waals surface area contributed by atoms with Crippen molar-refractivity contribution in [2.45, 2.75) is 42.8 Å². The molecule has 4 rings (SSSR count). The first-order chi connectivity index (χ1) is 13.9. The van der Waals surface area contributed by atoms with Gasteiger partial charge in [0.25, 0.3) is 0 Å². The minimum atomic E-state index is -1.59. The van der Waals surface area contributed by atoms with Crippen LogP contribution in [-0.2, 0) is 4.74 Å². The van der Waals surface area contributed by atoms with E-state index >= 15 is 0 Å². The molecule has 2 aliphatic heterocycles. The van der Waals surface area contributed by atoms with Crippen molar-refractivity contribution in [3.05, 3.63) is 35.8 Å². The number of hydrogen-bond acceptors (Lipinski definition) is 7. The smallest absolute Gasteiger partial charge is 0.194 e. The predicted molar refractivity (Wildman–Crippen MR) is 93.2 cm³/mol. The molecule has 2 fully saturated rings. The minimum absolute atomic E-state index is 0.0325. The number of aromatic nitrogens is 3. The number of benzene rings is 1. The van der Waals surface area contributed by atoms with Crippen LogP contribution in [0.2, 0.25) is 0 Å². The molecule has 11 heteroatoms. The standard InChI is InChI=1S/C18H21F3N4O4/c19-10-4-9(5-11(20)14(10)21)12-6-25(24-23-12)15-16(27)13(7-26)29-18(17(15)28)2-1-3-22-8-18/h4-6,13,15-17,22,26-28H,1-3,7-8H2. The molecule has 5 unspecified atom stereocenters. The normalized spacial score (nSPS) is 32.6. The number of nitrogens with zero attached hydrogens (tertiary/aromatic N) is 3. The van der Waals surface area contributed by atoms with Crippen LogP contribution in [0.3, 0.4) is 0 Å². The fourth-order valence-corrected chi connectivity index (χ4v) is 4.12. The Bertz CT molecular complexity index is 867. The molecule has 158 valence electrons. The molecule has 1 aromatic heterocycles. The van der Waals surface area contributed by atoms with E-state index in [1.165, 1.54) is 10.9 Å². The Hall–Kier alpha value is -2.05. The summed E-state index contributed by atoms with van der Waals surface area (Å²) in [7, 11) is 0. The maximum absolute atomic E-state index is 13.5. The molecule has 8 nitrogen and oxygen atoms in total. The summed E-state index contributed by atoms with van der Waals surface area (Å²) < 4.78 is 47.3. The molecule has 2 aliphatic rings. The van der Waals surface area contributed by atoms with E-state index in [1.807, 2.05) is 0 Å². The molecular weight excluding hydrogens is 393 g/mol. The second-order valence-electron chi connectivity index (χ2n) is 7.45. The molecule has 29 heavy (non-hydrogen) atoms. The van der Waals surface area contributed by atoms with E-state index in [9.17, 15) is 28.5 Å². The van der Waals surface area contributed by atoms with E-state index < -0.39 is 54.0 Å². The van der Waals surface area contributed by atoms with Gasteiger partial charge in [-0.3, -0.25) is 0 Å². The molecule has 0 aliphatic carbocycles. The van der Waals surface area contributed by atoms with Gasteiger partial charge in [0.1, 0.15) is 35.6 Å².